The number of nitrogens with zero attached hydrogens (tertiary/aromatic N) is 4. The van der Waals surface area contributed by atoms with Crippen LogP contribution < -0.4 is 15.0 Å². The second-order valence-corrected chi connectivity index (χ2v) is 6.20. The summed E-state index contributed by atoms with van der Waals surface area (Å²) in [6.07, 6.45) is 2.59. The molecule has 132 valence electrons. The Labute approximate surface area is 151 Å². The van der Waals surface area contributed by atoms with Crippen LogP contribution in [0.2, 0.25) is 5.02 Å². The van der Waals surface area contributed by atoms with Gasteiger partial charge in [-0.15, -0.1) is 0 Å². The second kappa shape index (κ2) is 7.57. The van der Waals surface area contributed by atoms with Crippen molar-refractivity contribution < 1.29 is 9.53 Å². The fraction of sp³-hybridized carbons (Fsp3) is 0.353. The number of carbonyl (C=O) groups is 1. The highest BCUT2D eigenvalue weighted by Crippen LogP contribution is 2.32. The molecule has 7 nitrogen and oxygen atoms in total. The molecule has 0 atom stereocenters. The van der Waals surface area contributed by atoms with E-state index in [2.05, 4.69) is 20.2 Å². The SMILES string of the molecule is COc1cc(Cl)c(C)cc1Nc1ccnc(N2CCN(C=O)CC2)n1. The van der Waals surface area contributed by atoms with Crippen molar-refractivity contribution in [3.63, 3.8) is 0 Å². The van der Waals surface area contributed by atoms with Crippen LogP contribution >= 0.6 is 11.6 Å². The van der Waals surface area contributed by atoms with Crippen LogP contribution in [0.15, 0.2) is 24.4 Å². The van der Waals surface area contributed by atoms with Crippen LogP contribution in [0.25, 0.3) is 0 Å². The number of halogens is 1. The van der Waals surface area contributed by atoms with E-state index in [1.807, 2.05) is 13.0 Å². The molecule has 0 unspecified atom stereocenters. The van der Waals surface area contributed by atoms with Crippen molar-refractivity contribution in [2.45, 2.75) is 6.92 Å². The summed E-state index contributed by atoms with van der Waals surface area (Å²) in [5, 5.41) is 3.91. The number of rotatable bonds is 5. The van der Waals surface area contributed by atoms with E-state index in [-0.39, 0.29) is 0 Å². The maximum absolute atomic E-state index is 10.8. The molecule has 1 aliphatic rings. The summed E-state index contributed by atoms with van der Waals surface area (Å²) in [5.41, 5.74) is 1.74. The van der Waals surface area contributed by atoms with Crippen LogP contribution in [0, 0.1) is 6.92 Å². The molecule has 3 rings (SSSR count). The molecule has 2 aromatic rings. The molecule has 1 N–H and O–H groups in total. The summed E-state index contributed by atoms with van der Waals surface area (Å²) in [6.45, 7) is 4.71. The number of hydrogen-bond donors (Lipinski definition) is 1. The van der Waals surface area contributed by atoms with E-state index in [0.29, 0.717) is 48.7 Å². The van der Waals surface area contributed by atoms with Gasteiger partial charge in [0.1, 0.15) is 11.6 Å². The molecule has 1 aliphatic heterocycles. The molecule has 0 spiro atoms. The zero-order valence-electron chi connectivity index (χ0n) is 14.2. The number of nitrogens with one attached hydrogen (secondary N) is 1. The van der Waals surface area contributed by atoms with Gasteiger partial charge in [-0.2, -0.15) is 4.98 Å². The van der Waals surface area contributed by atoms with Crippen molar-refractivity contribution in [1.29, 1.82) is 0 Å². The van der Waals surface area contributed by atoms with E-state index in [9.17, 15) is 4.79 Å². The molecule has 0 radical (unpaired) electrons. The third-order valence-electron chi connectivity index (χ3n) is 4.13. The van der Waals surface area contributed by atoms with Crippen LogP contribution in [-0.4, -0.2) is 54.6 Å². The van der Waals surface area contributed by atoms with Crippen LogP contribution in [0.1, 0.15) is 5.56 Å². The number of piperazine rings is 1. The quantitative estimate of drug-likeness (QED) is 0.825. The predicted octanol–water partition coefficient (Wildman–Crippen LogP) is 2.47. The van der Waals surface area contributed by atoms with Gasteiger partial charge in [0.25, 0.3) is 0 Å². The summed E-state index contributed by atoms with van der Waals surface area (Å²) in [4.78, 5) is 23.6. The zero-order chi connectivity index (χ0) is 17.8. The lowest BCUT2D eigenvalue weighted by Gasteiger charge is -2.32. The number of anilines is 3. The summed E-state index contributed by atoms with van der Waals surface area (Å²) in [6, 6.07) is 5.50. The van der Waals surface area contributed by atoms with E-state index in [1.54, 1.807) is 30.3 Å². The average molecular weight is 362 g/mol. The lowest BCUT2D eigenvalue weighted by Crippen LogP contribution is -2.46. The van der Waals surface area contributed by atoms with Gasteiger partial charge < -0.3 is 19.9 Å². The van der Waals surface area contributed by atoms with E-state index >= 15 is 0 Å². The maximum atomic E-state index is 10.8. The van der Waals surface area contributed by atoms with Gasteiger partial charge in [-0.25, -0.2) is 4.98 Å². The van der Waals surface area contributed by atoms with Crippen LogP contribution in [0.4, 0.5) is 17.5 Å². The fourth-order valence-corrected chi connectivity index (χ4v) is 2.82. The number of methoxy groups -OCH3 is 1. The minimum absolute atomic E-state index is 0.639. The second-order valence-electron chi connectivity index (χ2n) is 5.80. The van der Waals surface area contributed by atoms with Crippen molar-refractivity contribution in [3.05, 3.63) is 35.0 Å². The first-order valence-corrected chi connectivity index (χ1v) is 8.37. The van der Waals surface area contributed by atoms with Crippen molar-refractivity contribution in [1.82, 2.24) is 14.9 Å². The molecule has 1 saturated heterocycles. The maximum Gasteiger partial charge on any atom is 0.227 e. The molecule has 8 heteroatoms. The Morgan fingerprint density at radius 2 is 2.04 bits per heavy atom. The van der Waals surface area contributed by atoms with E-state index in [1.165, 1.54) is 0 Å². The van der Waals surface area contributed by atoms with Crippen molar-refractivity contribution in [3.8, 4) is 5.75 Å². The van der Waals surface area contributed by atoms with Gasteiger partial charge in [-0.05, 0) is 24.6 Å². The van der Waals surface area contributed by atoms with E-state index in [0.717, 1.165) is 17.7 Å². The van der Waals surface area contributed by atoms with Crippen LogP contribution in [-0.2, 0) is 4.79 Å². The molecular weight excluding hydrogens is 342 g/mol. The molecular formula is C17H20ClN5O2. The van der Waals surface area contributed by atoms with Crippen molar-refractivity contribution in [2.24, 2.45) is 0 Å². The highest BCUT2D eigenvalue weighted by molar-refractivity contribution is 6.31. The molecule has 25 heavy (non-hydrogen) atoms. The minimum atomic E-state index is 0.639. The number of aryl methyl sites for hydroxylation is 1. The zero-order valence-corrected chi connectivity index (χ0v) is 15.0. The number of benzene rings is 1. The molecule has 2 heterocycles. The summed E-state index contributed by atoms with van der Waals surface area (Å²) in [5.74, 6) is 1.96. The molecule has 1 aromatic carbocycles. The molecule has 0 bridgehead atoms. The van der Waals surface area contributed by atoms with Gasteiger partial charge in [0.2, 0.25) is 12.4 Å². The summed E-state index contributed by atoms with van der Waals surface area (Å²) in [7, 11) is 1.60. The topological polar surface area (TPSA) is 70.6 Å². The molecule has 0 saturated carbocycles. The monoisotopic (exact) mass is 361 g/mol. The van der Waals surface area contributed by atoms with Gasteiger partial charge in [-0.3, -0.25) is 4.79 Å². The van der Waals surface area contributed by atoms with Crippen LogP contribution in [0.5, 0.6) is 5.75 Å². The molecule has 1 aromatic heterocycles. The van der Waals surface area contributed by atoms with Gasteiger partial charge in [0.15, 0.2) is 0 Å². The molecule has 1 amide bonds. The van der Waals surface area contributed by atoms with Gasteiger partial charge in [-0.1, -0.05) is 11.6 Å². The Kier molecular flexibility index (Phi) is 5.23. The Bertz CT molecular complexity index is 763. The summed E-state index contributed by atoms with van der Waals surface area (Å²) < 4.78 is 5.38. The first kappa shape index (κ1) is 17.3. The smallest absolute Gasteiger partial charge is 0.227 e. The van der Waals surface area contributed by atoms with E-state index in [4.69, 9.17) is 16.3 Å². The first-order chi connectivity index (χ1) is 12.1. The largest absolute Gasteiger partial charge is 0.495 e. The first-order valence-electron chi connectivity index (χ1n) is 7.99. The molecule has 0 aliphatic carbocycles. The molecule has 1 fully saturated rings. The van der Waals surface area contributed by atoms with Crippen molar-refractivity contribution >= 4 is 35.5 Å². The fourth-order valence-electron chi connectivity index (χ4n) is 2.67. The highest BCUT2D eigenvalue weighted by Gasteiger charge is 2.18. The predicted molar refractivity (Wildman–Crippen MR) is 97.9 cm³/mol. The average Bonchev–Trinajstić information content (AvgIpc) is 2.65. The number of hydrogen-bond acceptors (Lipinski definition) is 6. The third-order valence-corrected chi connectivity index (χ3v) is 4.54. The summed E-state index contributed by atoms with van der Waals surface area (Å²) >= 11 is 6.15. The lowest BCUT2D eigenvalue weighted by atomic mass is 10.2. The van der Waals surface area contributed by atoms with Gasteiger partial charge in [0, 0.05) is 43.5 Å². The Balaban J connectivity index is 1.79. The van der Waals surface area contributed by atoms with Crippen molar-refractivity contribution in [2.75, 3.05) is 43.5 Å². The Morgan fingerprint density at radius 1 is 1.28 bits per heavy atom. The number of amides is 1. The standard InChI is InChI=1S/C17H20ClN5O2/c1-12-9-14(15(25-2)10-13(12)18)20-16-3-4-19-17(21-16)23-7-5-22(11-24)6-8-23/h3-4,9-11H,5-8H2,1-2H3,(H,19,20,21). The number of aromatic nitrogens is 2. The van der Waals surface area contributed by atoms with Crippen LogP contribution in [0.3, 0.4) is 0 Å². The Hall–Kier alpha value is -2.54. The van der Waals surface area contributed by atoms with E-state index < -0.39 is 0 Å². The number of carbonyl (C=O) groups excluding carboxylic acids is 1. The van der Waals surface area contributed by atoms with Gasteiger partial charge >= 0.3 is 0 Å². The Morgan fingerprint density at radius 3 is 2.72 bits per heavy atom. The van der Waals surface area contributed by atoms with Gasteiger partial charge in [0.05, 0.1) is 12.8 Å². The minimum Gasteiger partial charge on any atom is -0.495 e. The third kappa shape index (κ3) is 3.93. The highest BCUT2D eigenvalue weighted by atomic mass is 35.5. The lowest BCUT2D eigenvalue weighted by molar-refractivity contribution is -0.118. The number of ether oxygens (including phenoxy) is 1. The normalized spacial score (nSPS) is 14.4.